The lowest BCUT2D eigenvalue weighted by Gasteiger charge is -2.22. The van der Waals surface area contributed by atoms with Crippen molar-refractivity contribution in [2.24, 2.45) is 0 Å². The van der Waals surface area contributed by atoms with Crippen LogP contribution < -0.4 is 0 Å². The summed E-state index contributed by atoms with van der Waals surface area (Å²) in [7, 11) is 0. The van der Waals surface area contributed by atoms with Crippen LogP contribution in [0.25, 0.3) is 5.57 Å². The van der Waals surface area contributed by atoms with E-state index in [2.05, 4.69) is 88.0 Å². The van der Waals surface area contributed by atoms with Crippen LogP contribution in [-0.2, 0) is 0 Å². The number of rotatable bonds is 1. The second kappa shape index (κ2) is 5.09. The van der Waals surface area contributed by atoms with Crippen LogP contribution in [0.1, 0.15) is 12.0 Å². The summed E-state index contributed by atoms with van der Waals surface area (Å²) in [6, 6.07) is 8.29. The van der Waals surface area contributed by atoms with E-state index in [-0.39, 0.29) is 3.23 Å². The van der Waals surface area contributed by atoms with Crippen molar-refractivity contribution in [3.63, 3.8) is 0 Å². The fraction of sp³-hybridized carbons (Fsp3) is 0.167. The normalized spacial score (nSPS) is 19.0. The smallest absolute Gasteiger partial charge is 0.0677 e. The van der Waals surface area contributed by atoms with Crippen molar-refractivity contribution in [3.05, 3.63) is 50.9 Å². The Morgan fingerprint density at radius 1 is 1.12 bits per heavy atom. The van der Waals surface area contributed by atoms with Gasteiger partial charge in [0.25, 0.3) is 0 Å². The van der Waals surface area contributed by atoms with Gasteiger partial charge in [0.05, 0.1) is 0 Å². The molecule has 0 radical (unpaired) electrons. The maximum Gasteiger partial charge on any atom is 0.104 e. The first kappa shape index (κ1) is 13.1. The molecule has 1 aliphatic rings. The van der Waals surface area contributed by atoms with E-state index in [0.29, 0.717) is 0 Å². The van der Waals surface area contributed by atoms with Crippen LogP contribution in [-0.4, -0.2) is 3.23 Å². The van der Waals surface area contributed by atoms with Gasteiger partial charge in [-0.3, -0.25) is 0 Å². The van der Waals surface area contributed by atoms with E-state index >= 15 is 0 Å². The topological polar surface area (TPSA) is 0 Å². The zero-order chi connectivity index (χ0) is 11.8. The highest BCUT2D eigenvalue weighted by atomic mass is 79.9. The minimum Gasteiger partial charge on any atom is -0.0677 e. The van der Waals surface area contributed by atoms with Gasteiger partial charge in [0.1, 0.15) is 3.23 Å². The predicted octanol–water partition coefficient (Wildman–Crippen LogP) is 6.00. The maximum absolute atomic E-state index is 3.65. The molecule has 1 aromatic carbocycles. The first-order valence-corrected chi connectivity index (χ1v) is 7.86. The SMILES string of the molecule is BrC1=CC(c2cccc(Br)c2)=CC(Br)(Br)C1. The fourth-order valence-corrected chi connectivity index (χ4v) is 4.54. The van der Waals surface area contributed by atoms with Gasteiger partial charge in [-0.05, 0) is 39.9 Å². The van der Waals surface area contributed by atoms with Gasteiger partial charge in [-0.15, -0.1) is 0 Å². The Bertz CT molecular complexity index is 472. The van der Waals surface area contributed by atoms with Crippen molar-refractivity contribution >= 4 is 69.3 Å². The highest BCUT2D eigenvalue weighted by molar-refractivity contribution is 9.25. The molecule has 0 unspecified atom stereocenters. The van der Waals surface area contributed by atoms with Gasteiger partial charge in [0.15, 0.2) is 0 Å². The molecule has 2 rings (SSSR count). The summed E-state index contributed by atoms with van der Waals surface area (Å²) in [5.41, 5.74) is 2.41. The number of halogens is 4. The molecule has 0 spiro atoms. The van der Waals surface area contributed by atoms with Gasteiger partial charge in [0, 0.05) is 10.9 Å². The van der Waals surface area contributed by atoms with Crippen LogP contribution in [0.5, 0.6) is 0 Å². The summed E-state index contributed by atoms with van der Waals surface area (Å²) in [5.74, 6) is 0. The van der Waals surface area contributed by atoms with Crippen LogP contribution >= 0.6 is 63.7 Å². The average molecular weight is 472 g/mol. The van der Waals surface area contributed by atoms with Crippen molar-refractivity contribution < 1.29 is 0 Å². The van der Waals surface area contributed by atoms with E-state index in [1.165, 1.54) is 15.6 Å². The van der Waals surface area contributed by atoms with Crippen molar-refractivity contribution in [3.8, 4) is 0 Å². The summed E-state index contributed by atoms with van der Waals surface area (Å²) in [6.45, 7) is 0. The molecule has 1 aromatic rings. The minimum absolute atomic E-state index is 0.148. The predicted molar refractivity (Wildman–Crippen MR) is 84.3 cm³/mol. The van der Waals surface area contributed by atoms with Crippen LogP contribution in [0.4, 0.5) is 0 Å². The standard InChI is InChI=1S/C12H8Br4/c13-10-3-1-2-8(4-10)9-5-11(14)7-12(15,16)6-9/h1-6H,7H2. The molecule has 84 valence electrons. The molecular weight excluding hydrogens is 464 g/mol. The lowest BCUT2D eigenvalue weighted by atomic mass is 10.00. The van der Waals surface area contributed by atoms with E-state index in [0.717, 1.165) is 10.9 Å². The van der Waals surface area contributed by atoms with E-state index in [1.54, 1.807) is 0 Å². The van der Waals surface area contributed by atoms with Crippen LogP contribution in [0.3, 0.4) is 0 Å². The second-order valence-electron chi connectivity index (χ2n) is 3.64. The Hall–Kier alpha value is 0.620. The third-order valence-corrected chi connectivity index (χ3v) is 4.26. The first-order valence-electron chi connectivity index (χ1n) is 4.69. The summed E-state index contributed by atoms with van der Waals surface area (Å²) in [4.78, 5) is 0. The molecule has 0 saturated heterocycles. The van der Waals surface area contributed by atoms with Crippen LogP contribution in [0.15, 0.2) is 45.4 Å². The molecule has 0 nitrogen and oxygen atoms in total. The van der Waals surface area contributed by atoms with Gasteiger partial charge >= 0.3 is 0 Å². The van der Waals surface area contributed by atoms with Gasteiger partial charge in [-0.25, -0.2) is 0 Å². The Morgan fingerprint density at radius 2 is 1.88 bits per heavy atom. The highest BCUT2D eigenvalue weighted by Crippen LogP contribution is 2.43. The third kappa shape index (κ3) is 3.31. The Balaban J connectivity index is 2.44. The molecule has 4 heteroatoms. The quantitative estimate of drug-likeness (QED) is 0.441. The van der Waals surface area contributed by atoms with Gasteiger partial charge < -0.3 is 0 Å². The molecule has 1 aliphatic carbocycles. The maximum atomic E-state index is 3.65. The van der Waals surface area contributed by atoms with E-state index in [9.17, 15) is 0 Å². The average Bonchev–Trinajstić information content (AvgIpc) is 2.14. The Kier molecular flexibility index (Phi) is 4.15. The fourth-order valence-electron chi connectivity index (χ4n) is 1.60. The summed E-state index contributed by atoms with van der Waals surface area (Å²) < 4.78 is 2.13. The molecule has 16 heavy (non-hydrogen) atoms. The Morgan fingerprint density at radius 3 is 2.50 bits per heavy atom. The number of hydrogen-bond acceptors (Lipinski definition) is 0. The van der Waals surface area contributed by atoms with Crippen molar-refractivity contribution in [2.45, 2.75) is 9.65 Å². The van der Waals surface area contributed by atoms with Crippen LogP contribution in [0, 0.1) is 0 Å². The molecule has 0 heterocycles. The number of hydrogen-bond donors (Lipinski definition) is 0. The molecule has 0 aromatic heterocycles. The summed E-state index contributed by atoms with van der Waals surface area (Å²) in [6.07, 6.45) is 5.24. The van der Waals surface area contributed by atoms with E-state index in [4.69, 9.17) is 0 Å². The summed E-state index contributed by atoms with van der Waals surface area (Å²) >= 11 is 14.4. The monoisotopic (exact) mass is 468 g/mol. The van der Waals surface area contributed by atoms with E-state index in [1.807, 2.05) is 12.1 Å². The van der Waals surface area contributed by atoms with Gasteiger partial charge in [0.2, 0.25) is 0 Å². The molecular formula is C12H8Br4. The molecule has 0 aliphatic heterocycles. The third-order valence-electron chi connectivity index (χ3n) is 2.24. The van der Waals surface area contributed by atoms with Crippen molar-refractivity contribution in [1.29, 1.82) is 0 Å². The van der Waals surface area contributed by atoms with E-state index < -0.39 is 0 Å². The summed E-state index contributed by atoms with van der Waals surface area (Å²) in [5, 5.41) is 0. The lowest BCUT2D eigenvalue weighted by molar-refractivity contribution is 1.02. The van der Waals surface area contributed by atoms with Gasteiger partial charge in [-0.2, -0.15) is 0 Å². The number of allylic oxidation sites excluding steroid dienone is 4. The molecule has 0 N–H and O–H groups in total. The van der Waals surface area contributed by atoms with Gasteiger partial charge in [-0.1, -0.05) is 75.9 Å². The number of benzene rings is 1. The van der Waals surface area contributed by atoms with Crippen molar-refractivity contribution in [2.75, 3.05) is 0 Å². The number of alkyl halides is 2. The molecule has 0 saturated carbocycles. The Labute approximate surface area is 129 Å². The zero-order valence-electron chi connectivity index (χ0n) is 8.18. The largest absolute Gasteiger partial charge is 0.104 e. The zero-order valence-corrected chi connectivity index (χ0v) is 14.5. The van der Waals surface area contributed by atoms with Crippen molar-refractivity contribution in [1.82, 2.24) is 0 Å². The molecule has 0 bridgehead atoms. The first-order chi connectivity index (χ1) is 7.46. The second-order valence-corrected chi connectivity index (χ2v) is 9.47. The molecule has 0 amide bonds. The molecule has 0 fully saturated rings. The lowest BCUT2D eigenvalue weighted by Crippen LogP contribution is -2.11. The minimum atomic E-state index is -0.148. The molecule has 0 atom stereocenters. The van der Waals surface area contributed by atoms with Crippen LogP contribution in [0.2, 0.25) is 0 Å². The highest BCUT2D eigenvalue weighted by Gasteiger charge is 2.25.